The van der Waals surface area contributed by atoms with Crippen molar-refractivity contribution in [3.8, 4) is 0 Å². The fraction of sp³-hybridized carbons (Fsp3) is 0.667. The summed E-state index contributed by atoms with van der Waals surface area (Å²) in [6.45, 7) is 2.17. The fourth-order valence-corrected chi connectivity index (χ4v) is 4.66. The van der Waals surface area contributed by atoms with E-state index in [0.717, 1.165) is 12.4 Å². The van der Waals surface area contributed by atoms with Gasteiger partial charge in [-0.05, 0) is 0 Å². The molecular weight excluding hydrogens is 301 g/mol. The molecule has 0 radical (unpaired) electrons. The number of rotatable bonds is 2. The zero-order chi connectivity index (χ0) is 15.3. The van der Waals surface area contributed by atoms with Crippen LogP contribution in [0.5, 0.6) is 0 Å². The minimum absolute atomic E-state index is 0.0373. The first-order valence-electron chi connectivity index (χ1n) is 6.59. The molecule has 0 bridgehead atoms. The molecule has 2 aliphatic heterocycles. The quantitative estimate of drug-likeness (QED) is 0.730. The van der Waals surface area contributed by atoms with Gasteiger partial charge >= 0.3 is 0 Å². The summed E-state index contributed by atoms with van der Waals surface area (Å²) >= 11 is 0. The van der Waals surface area contributed by atoms with E-state index < -0.39 is 26.5 Å². The summed E-state index contributed by atoms with van der Waals surface area (Å²) in [5.41, 5.74) is -0.767. The number of halogens is 1. The van der Waals surface area contributed by atoms with Gasteiger partial charge in [-0.3, -0.25) is 9.48 Å². The van der Waals surface area contributed by atoms with Crippen LogP contribution >= 0.6 is 0 Å². The molecule has 116 valence electrons. The lowest BCUT2D eigenvalue weighted by molar-refractivity contribution is -0.163. The molecule has 1 spiro atoms. The van der Waals surface area contributed by atoms with Crippen LogP contribution in [0.15, 0.2) is 12.4 Å². The molecule has 3 rings (SSSR count). The average Bonchev–Trinajstić information content (AvgIpc) is 2.74. The third-order valence-corrected chi connectivity index (χ3v) is 6.17. The van der Waals surface area contributed by atoms with Crippen molar-refractivity contribution in [3.05, 3.63) is 18.2 Å². The topological polar surface area (TPSA) is 81.5 Å². The van der Waals surface area contributed by atoms with E-state index >= 15 is 0 Å². The highest BCUT2D eigenvalue weighted by atomic mass is 32.2. The average molecular weight is 317 g/mol. The Morgan fingerprint density at radius 2 is 2.29 bits per heavy atom. The van der Waals surface area contributed by atoms with Crippen LogP contribution in [0.4, 0.5) is 4.39 Å². The lowest BCUT2D eigenvalue weighted by atomic mass is 9.96. The highest BCUT2D eigenvalue weighted by Gasteiger charge is 2.53. The molecule has 1 aromatic heterocycles. The second-order valence-electron chi connectivity index (χ2n) is 5.68. The Labute approximate surface area is 121 Å². The van der Waals surface area contributed by atoms with E-state index in [9.17, 15) is 17.6 Å². The number of sulfone groups is 1. The van der Waals surface area contributed by atoms with Gasteiger partial charge in [-0.1, -0.05) is 0 Å². The summed E-state index contributed by atoms with van der Waals surface area (Å²) in [5.74, 6) is -0.703. The summed E-state index contributed by atoms with van der Waals surface area (Å²) in [5, 5.41) is 3.01. The Balaban J connectivity index is 1.67. The molecule has 1 amide bonds. The predicted molar refractivity (Wildman–Crippen MR) is 70.7 cm³/mol. The minimum atomic E-state index is -3.38. The predicted octanol–water partition coefficient (Wildman–Crippen LogP) is -0.563. The minimum Gasteiger partial charge on any atom is -0.369 e. The molecule has 1 atom stereocenters. The summed E-state index contributed by atoms with van der Waals surface area (Å²) in [4.78, 5) is 12.7. The van der Waals surface area contributed by atoms with E-state index in [-0.39, 0.29) is 24.8 Å². The largest absolute Gasteiger partial charge is 0.369 e. The number of hydrogen-bond acceptors (Lipinski definition) is 5. The van der Waals surface area contributed by atoms with E-state index in [1.807, 2.05) is 0 Å². The molecular formula is C12H16FN3O4S. The zero-order valence-corrected chi connectivity index (χ0v) is 12.3. The summed E-state index contributed by atoms with van der Waals surface area (Å²) in [6, 6.07) is 0. The van der Waals surface area contributed by atoms with Crippen LogP contribution in [0.25, 0.3) is 0 Å². The monoisotopic (exact) mass is 317 g/mol. The van der Waals surface area contributed by atoms with Crippen LogP contribution in [0, 0.1) is 5.82 Å². The smallest absolute Gasteiger partial charge is 0.219 e. The Kier molecular flexibility index (Phi) is 3.28. The van der Waals surface area contributed by atoms with Crippen LogP contribution in [0.1, 0.15) is 6.92 Å². The second kappa shape index (κ2) is 4.77. The maximum atomic E-state index is 12.9. The van der Waals surface area contributed by atoms with E-state index in [1.54, 1.807) is 4.90 Å². The molecule has 0 aromatic carbocycles. The normalized spacial score (nSPS) is 26.6. The second-order valence-corrected chi connectivity index (χ2v) is 7.96. The maximum Gasteiger partial charge on any atom is 0.219 e. The van der Waals surface area contributed by atoms with Gasteiger partial charge in [0, 0.05) is 6.92 Å². The number of carbonyl (C=O) groups excluding carboxylic acids is 1. The molecule has 21 heavy (non-hydrogen) atoms. The van der Waals surface area contributed by atoms with E-state index in [4.69, 9.17) is 4.74 Å². The van der Waals surface area contributed by atoms with Gasteiger partial charge in [-0.2, -0.15) is 5.10 Å². The van der Waals surface area contributed by atoms with Crippen molar-refractivity contribution in [1.29, 1.82) is 0 Å². The van der Waals surface area contributed by atoms with Gasteiger partial charge in [0.15, 0.2) is 15.7 Å². The Hall–Kier alpha value is -1.48. The van der Waals surface area contributed by atoms with Crippen LogP contribution < -0.4 is 0 Å². The molecule has 3 heterocycles. The van der Waals surface area contributed by atoms with Gasteiger partial charge in [-0.15, -0.1) is 0 Å². The van der Waals surface area contributed by atoms with E-state index in [0.29, 0.717) is 13.1 Å². The molecule has 0 unspecified atom stereocenters. The third-order valence-electron chi connectivity index (χ3n) is 3.94. The molecule has 0 saturated carbocycles. The Morgan fingerprint density at radius 1 is 1.57 bits per heavy atom. The molecule has 1 aromatic rings. The molecule has 0 aliphatic carbocycles. The van der Waals surface area contributed by atoms with Gasteiger partial charge in [0.1, 0.15) is 10.9 Å². The van der Waals surface area contributed by atoms with Crippen molar-refractivity contribution in [3.63, 3.8) is 0 Å². The van der Waals surface area contributed by atoms with Crippen molar-refractivity contribution in [1.82, 2.24) is 14.7 Å². The Bertz CT molecular complexity index is 666. The fourth-order valence-electron chi connectivity index (χ4n) is 2.77. The maximum absolute atomic E-state index is 12.9. The molecule has 9 heteroatoms. The first-order valence-corrected chi connectivity index (χ1v) is 8.30. The SMILES string of the molecule is CC(=O)N1CC2(C1)CS(=O)(=O)[C@@H](Cn1cc(F)cn1)CO2. The number of carbonyl (C=O) groups is 1. The van der Waals surface area contributed by atoms with Crippen LogP contribution in [0.3, 0.4) is 0 Å². The third kappa shape index (κ3) is 2.67. The highest BCUT2D eigenvalue weighted by molar-refractivity contribution is 7.92. The van der Waals surface area contributed by atoms with Crippen molar-refractivity contribution >= 4 is 15.7 Å². The summed E-state index contributed by atoms with van der Waals surface area (Å²) in [6.07, 6.45) is 2.19. The summed E-state index contributed by atoms with van der Waals surface area (Å²) < 4.78 is 44.6. The lowest BCUT2D eigenvalue weighted by Gasteiger charge is -2.51. The number of aromatic nitrogens is 2. The molecule has 0 N–H and O–H groups in total. The van der Waals surface area contributed by atoms with E-state index in [2.05, 4.69) is 5.10 Å². The standard InChI is InChI=1S/C12H16FN3O4S/c1-9(17)15-6-12(7-15)8-21(18,19)11(5-20-12)4-16-3-10(13)2-14-16/h2-3,11H,4-8H2,1H3/t11-/m0/s1. The number of ether oxygens (including phenoxy) is 1. The lowest BCUT2D eigenvalue weighted by Crippen LogP contribution is -2.70. The van der Waals surface area contributed by atoms with Crippen molar-refractivity contribution in [2.75, 3.05) is 25.4 Å². The van der Waals surface area contributed by atoms with Gasteiger partial charge < -0.3 is 9.64 Å². The molecule has 2 saturated heterocycles. The van der Waals surface area contributed by atoms with Gasteiger partial charge in [-0.25, -0.2) is 12.8 Å². The van der Waals surface area contributed by atoms with Crippen molar-refractivity contribution < 1.29 is 22.3 Å². The molecule has 7 nitrogen and oxygen atoms in total. The van der Waals surface area contributed by atoms with Crippen LogP contribution in [-0.4, -0.2) is 65.3 Å². The Morgan fingerprint density at radius 3 is 2.81 bits per heavy atom. The van der Waals surface area contributed by atoms with Gasteiger partial charge in [0.2, 0.25) is 5.91 Å². The van der Waals surface area contributed by atoms with Crippen LogP contribution in [-0.2, 0) is 25.9 Å². The first kappa shape index (κ1) is 14.5. The number of likely N-dealkylation sites (tertiary alicyclic amines) is 1. The number of nitrogens with zero attached hydrogens (tertiary/aromatic N) is 3. The van der Waals surface area contributed by atoms with Crippen molar-refractivity contribution in [2.24, 2.45) is 0 Å². The van der Waals surface area contributed by atoms with Crippen LogP contribution in [0.2, 0.25) is 0 Å². The zero-order valence-electron chi connectivity index (χ0n) is 11.5. The van der Waals surface area contributed by atoms with E-state index in [1.165, 1.54) is 11.6 Å². The first-order chi connectivity index (χ1) is 9.80. The summed E-state index contributed by atoms with van der Waals surface area (Å²) in [7, 11) is -3.38. The number of hydrogen-bond donors (Lipinski definition) is 0. The number of amides is 1. The highest BCUT2D eigenvalue weighted by Crippen LogP contribution is 2.32. The molecule has 2 aliphatic rings. The van der Waals surface area contributed by atoms with Gasteiger partial charge in [0.05, 0.1) is 44.4 Å². The van der Waals surface area contributed by atoms with Gasteiger partial charge in [0.25, 0.3) is 0 Å². The van der Waals surface area contributed by atoms with Crippen molar-refractivity contribution in [2.45, 2.75) is 24.3 Å². The molecule has 2 fully saturated rings.